The number of aromatic nitrogens is 5. The number of imidazole rings is 1. The number of methoxy groups -OCH3 is 1. The van der Waals surface area contributed by atoms with Crippen molar-refractivity contribution < 1.29 is 13.5 Å². The number of benzene rings is 1. The zero-order valence-electron chi connectivity index (χ0n) is 17.4. The van der Waals surface area contributed by atoms with Crippen LogP contribution in [0.25, 0.3) is 0 Å². The third-order valence-corrected chi connectivity index (χ3v) is 6.42. The average molecular weight is 449 g/mol. The van der Waals surface area contributed by atoms with E-state index in [-0.39, 0.29) is 0 Å². The van der Waals surface area contributed by atoms with E-state index < -0.39 is 6.55 Å². The summed E-state index contributed by atoms with van der Waals surface area (Å²) in [5.74, 6) is 2.26. The molecule has 0 atom stereocenters. The van der Waals surface area contributed by atoms with Gasteiger partial charge in [-0.05, 0) is 25.0 Å². The molecule has 1 N–H and O–H groups in total. The molecule has 0 bridgehead atoms. The van der Waals surface area contributed by atoms with Crippen molar-refractivity contribution in [3.05, 3.63) is 48.3 Å². The third-order valence-electron chi connectivity index (χ3n) is 5.48. The summed E-state index contributed by atoms with van der Waals surface area (Å²) in [6.07, 6.45) is 8.43. The highest BCUT2D eigenvalue weighted by molar-refractivity contribution is 7.98. The highest BCUT2D eigenvalue weighted by atomic mass is 32.2. The van der Waals surface area contributed by atoms with Crippen LogP contribution in [0.4, 0.5) is 14.5 Å². The van der Waals surface area contributed by atoms with Crippen LogP contribution in [0.3, 0.4) is 0 Å². The van der Waals surface area contributed by atoms with Crippen LogP contribution in [-0.2, 0) is 12.3 Å². The third kappa shape index (κ3) is 5.17. The van der Waals surface area contributed by atoms with E-state index in [1.54, 1.807) is 7.11 Å². The number of hydrogen-bond acceptors (Lipinski definition) is 6. The molecule has 1 saturated carbocycles. The number of anilines is 1. The smallest absolute Gasteiger partial charge is 0.319 e. The summed E-state index contributed by atoms with van der Waals surface area (Å²) in [4.78, 5) is 4.07. The Morgan fingerprint density at radius 1 is 1.19 bits per heavy atom. The number of hydrogen-bond donors (Lipinski definition) is 1. The van der Waals surface area contributed by atoms with Gasteiger partial charge in [0, 0.05) is 30.2 Å². The number of halogens is 2. The predicted molar refractivity (Wildman–Crippen MR) is 116 cm³/mol. The van der Waals surface area contributed by atoms with Crippen LogP contribution < -0.4 is 10.1 Å². The van der Waals surface area contributed by atoms with Crippen LogP contribution in [0.1, 0.15) is 56.3 Å². The summed E-state index contributed by atoms with van der Waals surface area (Å²) in [5, 5.41) is 13.0. The van der Waals surface area contributed by atoms with Crippen LogP contribution >= 0.6 is 11.8 Å². The Kier molecular flexibility index (Phi) is 7.06. The Morgan fingerprint density at radius 2 is 2.03 bits per heavy atom. The molecule has 1 aliphatic rings. The molecule has 2 aromatic heterocycles. The Morgan fingerprint density at radius 3 is 2.81 bits per heavy atom. The minimum Gasteiger partial charge on any atom is -0.497 e. The van der Waals surface area contributed by atoms with Gasteiger partial charge in [-0.25, -0.2) is 4.98 Å². The second-order valence-corrected chi connectivity index (χ2v) is 8.41. The first-order valence-corrected chi connectivity index (χ1v) is 11.4. The molecular formula is C21H26F2N6OS. The van der Waals surface area contributed by atoms with Crippen LogP contribution in [0.2, 0.25) is 0 Å². The Bertz CT molecular complexity index is 986. The lowest BCUT2D eigenvalue weighted by Crippen LogP contribution is -2.18. The van der Waals surface area contributed by atoms with Crippen LogP contribution in [-0.4, -0.2) is 31.4 Å². The fraction of sp³-hybridized carbons (Fsp3) is 0.476. The van der Waals surface area contributed by atoms with Crippen LogP contribution in [0, 0.1) is 0 Å². The van der Waals surface area contributed by atoms with E-state index in [0.717, 1.165) is 39.8 Å². The Hall–Kier alpha value is -2.62. The molecule has 0 saturated heterocycles. The van der Waals surface area contributed by atoms with Gasteiger partial charge in [0.2, 0.25) is 0 Å². The molecule has 4 rings (SSSR count). The minimum absolute atomic E-state index is 0.311. The van der Waals surface area contributed by atoms with Gasteiger partial charge in [-0.3, -0.25) is 4.57 Å². The summed E-state index contributed by atoms with van der Waals surface area (Å²) < 4.78 is 34.6. The molecule has 10 heteroatoms. The molecule has 1 aliphatic carbocycles. The Balaban J connectivity index is 1.52. The molecular weight excluding hydrogens is 422 g/mol. The van der Waals surface area contributed by atoms with Crippen molar-refractivity contribution in [3.63, 3.8) is 0 Å². The normalized spacial score (nSPS) is 14.8. The molecule has 0 amide bonds. The molecule has 7 nitrogen and oxygen atoms in total. The van der Waals surface area contributed by atoms with Gasteiger partial charge in [0.25, 0.3) is 0 Å². The molecule has 0 spiro atoms. The van der Waals surface area contributed by atoms with Gasteiger partial charge in [0.15, 0.2) is 11.0 Å². The number of nitrogens with zero attached hydrogens (tertiary/aromatic N) is 5. The molecule has 1 aromatic carbocycles. The van der Waals surface area contributed by atoms with E-state index >= 15 is 0 Å². The van der Waals surface area contributed by atoms with Gasteiger partial charge >= 0.3 is 6.55 Å². The van der Waals surface area contributed by atoms with Gasteiger partial charge in [0.05, 0.1) is 19.4 Å². The molecule has 166 valence electrons. The average Bonchev–Trinajstić information content (AvgIpc) is 3.44. The molecule has 3 aromatic rings. The van der Waals surface area contributed by atoms with Gasteiger partial charge in [-0.1, -0.05) is 37.1 Å². The van der Waals surface area contributed by atoms with E-state index in [4.69, 9.17) is 4.74 Å². The molecule has 31 heavy (non-hydrogen) atoms. The predicted octanol–water partition coefficient (Wildman–Crippen LogP) is 5.29. The monoisotopic (exact) mass is 448 g/mol. The quantitative estimate of drug-likeness (QED) is 0.449. The summed E-state index contributed by atoms with van der Waals surface area (Å²) in [6.45, 7) is -2.08. The number of rotatable bonds is 9. The lowest BCUT2D eigenvalue weighted by atomic mass is 9.95. The number of alkyl halides is 2. The summed E-state index contributed by atoms with van der Waals surface area (Å²) >= 11 is 1.40. The van der Waals surface area contributed by atoms with Crippen LogP contribution in [0.15, 0.2) is 41.8 Å². The molecule has 0 radical (unpaired) electrons. The fourth-order valence-electron chi connectivity index (χ4n) is 3.91. The number of nitrogens with one attached hydrogen (secondary N) is 1. The van der Waals surface area contributed by atoms with Crippen molar-refractivity contribution in [2.45, 2.75) is 62.1 Å². The lowest BCUT2D eigenvalue weighted by molar-refractivity contribution is 0.0678. The zero-order chi connectivity index (χ0) is 21.6. The molecule has 2 heterocycles. The highest BCUT2D eigenvalue weighted by Crippen LogP contribution is 2.34. The second kappa shape index (κ2) is 10.1. The fourth-order valence-corrected chi connectivity index (χ4v) is 4.88. The van der Waals surface area contributed by atoms with E-state index in [1.807, 2.05) is 24.3 Å². The first-order chi connectivity index (χ1) is 15.2. The maximum atomic E-state index is 13.1. The lowest BCUT2D eigenvalue weighted by Gasteiger charge is -2.25. The number of thioether (sulfide) groups is 1. The van der Waals surface area contributed by atoms with Crippen LogP contribution in [0.5, 0.6) is 5.75 Å². The van der Waals surface area contributed by atoms with E-state index in [0.29, 0.717) is 24.2 Å². The van der Waals surface area contributed by atoms with Crippen molar-refractivity contribution in [1.82, 2.24) is 24.3 Å². The van der Waals surface area contributed by atoms with Crippen molar-refractivity contribution in [1.29, 1.82) is 0 Å². The largest absolute Gasteiger partial charge is 0.497 e. The molecule has 1 fully saturated rings. The van der Waals surface area contributed by atoms with Gasteiger partial charge in [0.1, 0.15) is 11.6 Å². The van der Waals surface area contributed by atoms with Crippen molar-refractivity contribution in [2.24, 2.45) is 0 Å². The Labute approximate surface area is 184 Å². The SMILES string of the molecule is COc1cccc(NCc2nnc(SCc3nccn3C(F)F)n2C2CCCCC2)c1. The molecule has 0 aliphatic heterocycles. The highest BCUT2D eigenvalue weighted by Gasteiger charge is 2.23. The second-order valence-electron chi connectivity index (χ2n) is 7.46. The van der Waals surface area contributed by atoms with Gasteiger partial charge in [-0.2, -0.15) is 8.78 Å². The maximum Gasteiger partial charge on any atom is 0.319 e. The topological polar surface area (TPSA) is 69.8 Å². The van der Waals surface area contributed by atoms with Crippen molar-refractivity contribution in [2.75, 3.05) is 12.4 Å². The van der Waals surface area contributed by atoms with Gasteiger partial charge < -0.3 is 14.6 Å². The maximum absolute atomic E-state index is 13.1. The first-order valence-electron chi connectivity index (χ1n) is 10.4. The summed E-state index contributed by atoms with van der Waals surface area (Å²) in [7, 11) is 1.64. The van der Waals surface area contributed by atoms with Gasteiger partial charge in [-0.15, -0.1) is 10.2 Å². The van der Waals surface area contributed by atoms with Crippen molar-refractivity contribution in [3.8, 4) is 5.75 Å². The van der Waals surface area contributed by atoms with E-state index in [1.165, 1.54) is 43.4 Å². The van der Waals surface area contributed by atoms with E-state index in [2.05, 4.69) is 25.1 Å². The molecule has 0 unspecified atom stereocenters. The zero-order valence-corrected chi connectivity index (χ0v) is 18.2. The summed E-state index contributed by atoms with van der Waals surface area (Å²) in [6, 6.07) is 8.06. The minimum atomic E-state index is -2.60. The van der Waals surface area contributed by atoms with E-state index in [9.17, 15) is 8.78 Å². The van der Waals surface area contributed by atoms with Crippen molar-refractivity contribution >= 4 is 17.4 Å². The number of ether oxygens (including phenoxy) is 1. The summed E-state index contributed by atoms with van der Waals surface area (Å²) in [5.41, 5.74) is 0.936. The standard InChI is InChI=1S/C21H26F2N6OS/c1-30-17-9-5-6-15(12-17)25-13-18-26-27-21(29(18)16-7-3-2-4-8-16)31-14-19-24-10-11-28(19)20(22)23/h5-6,9-12,16,20,25H,2-4,7-8,13-14H2,1H3. The first kappa shape index (κ1) is 21.6.